The van der Waals surface area contributed by atoms with Crippen LogP contribution in [0.15, 0.2) is 23.8 Å². The van der Waals surface area contributed by atoms with Crippen molar-refractivity contribution >= 4 is 11.8 Å². The van der Waals surface area contributed by atoms with Crippen LogP contribution in [0.4, 0.5) is 0 Å². The van der Waals surface area contributed by atoms with Crippen molar-refractivity contribution in [2.24, 2.45) is 0 Å². The van der Waals surface area contributed by atoms with Crippen LogP contribution >= 0.6 is 0 Å². The molecule has 0 spiro atoms. The van der Waals surface area contributed by atoms with Crippen LogP contribution in [-0.4, -0.2) is 35.7 Å². The molecule has 0 saturated carbocycles. The number of rotatable bonds is 5. The van der Waals surface area contributed by atoms with Crippen LogP contribution in [-0.2, 0) is 9.53 Å². The van der Waals surface area contributed by atoms with E-state index in [0.717, 1.165) is 0 Å². The number of carbonyl (C=O) groups excluding carboxylic acids is 2. The average molecular weight is 348 g/mol. The quantitative estimate of drug-likeness (QED) is 0.500. The topological polar surface area (TPSA) is 82.1 Å². The molecule has 1 aromatic rings. The number of esters is 1. The van der Waals surface area contributed by atoms with E-state index < -0.39 is 23.8 Å². The van der Waals surface area contributed by atoms with Crippen LogP contribution in [0.1, 0.15) is 56.6 Å². The van der Waals surface area contributed by atoms with Gasteiger partial charge < -0.3 is 19.3 Å². The van der Waals surface area contributed by atoms with Gasteiger partial charge in [-0.3, -0.25) is 4.79 Å². The summed E-state index contributed by atoms with van der Waals surface area (Å²) in [6, 6.07) is 3.19. The Morgan fingerprint density at radius 2 is 1.92 bits per heavy atom. The number of Topliss-reactive ketones (excluding diaryl/α,β-unsaturated/α-hetero) is 1. The largest absolute Gasteiger partial charge is 0.496 e. The van der Waals surface area contributed by atoms with Crippen LogP contribution in [0.25, 0.3) is 0 Å². The maximum atomic E-state index is 12.2. The molecule has 136 valence electrons. The van der Waals surface area contributed by atoms with Gasteiger partial charge in [0.2, 0.25) is 0 Å². The minimum atomic E-state index is -1.27. The van der Waals surface area contributed by atoms with E-state index in [1.807, 2.05) is 0 Å². The van der Waals surface area contributed by atoms with Crippen molar-refractivity contribution in [2.45, 2.75) is 52.4 Å². The second-order valence-corrected chi connectivity index (χ2v) is 6.64. The summed E-state index contributed by atoms with van der Waals surface area (Å²) < 4.78 is 16.7. The van der Waals surface area contributed by atoms with E-state index in [4.69, 9.17) is 14.2 Å². The highest BCUT2D eigenvalue weighted by Crippen LogP contribution is 2.46. The molecule has 1 aliphatic heterocycles. The zero-order valence-electron chi connectivity index (χ0n) is 15.4. The first-order valence-corrected chi connectivity index (χ1v) is 8.06. The van der Waals surface area contributed by atoms with Crippen LogP contribution in [0.2, 0.25) is 0 Å². The van der Waals surface area contributed by atoms with Gasteiger partial charge in [-0.2, -0.15) is 0 Å². The van der Waals surface area contributed by atoms with Crippen LogP contribution < -0.4 is 9.47 Å². The van der Waals surface area contributed by atoms with Gasteiger partial charge in [0.1, 0.15) is 11.5 Å². The number of carbonyl (C=O) groups is 2. The monoisotopic (exact) mass is 348 g/mol. The van der Waals surface area contributed by atoms with Gasteiger partial charge in [0.15, 0.2) is 18.0 Å². The molecule has 2 unspecified atom stereocenters. The van der Waals surface area contributed by atoms with Gasteiger partial charge in [-0.05, 0) is 40.7 Å². The summed E-state index contributed by atoms with van der Waals surface area (Å²) in [5, 5.41) is 10.4. The highest BCUT2D eigenvalue weighted by atomic mass is 16.6. The Morgan fingerprint density at radius 3 is 2.40 bits per heavy atom. The van der Waals surface area contributed by atoms with Gasteiger partial charge in [-0.15, -0.1) is 0 Å². The lowest BCUT2D eigenvalue weighted by Gasteiger charge is -2.29. The van der Waals surface area contributed by atoms with Crippen molar-refractivity contribution in [3.8, 4) is 11.5 Å². The number of allylic oxidation sites excluding steroid dienone is 1. The molecule has 0 radical (unpaired) electrons. The predicted octanol–water partition coefficient (Wildman–Crippen LogP) is 2.98. The molecule has 1 heterocycles. The molecule has 0 amide bonds. The molecular formula is C19H24O6. The molecule has 25 heavy (non-hydrogen) atoms. The second-order valence-electron chi connectivity index (χ2n) is 6.64. The summed E-state index contributed by atoms with van der Waals surface area (Å²) in [4.78, 5) is 24.1. The summed E-state index contributed by atoms with van der Waals surface area (Å²) in [6.07, 6.45) is 0.0112. The van der Waals surface area contributed by atoms with Crippen LogP contribution in [0, 0.1) is 0 Å². The maximum absolute atomic E-state index is 12.2. The summed E-state index contributed by atoms with van der Waals surface area (Å²) in [6.45, 7) is 7.97. The first kappa shape index (κ1) is 19.0. The first-order chi connectivity index (χ1) is 11.6. The van der Waals surface area contributed by atoms with Gasteiger partial charge in [0, 0.05) is 17.2 Å². The van der Waals surface area contributed by atoms with E-state index in [9.17, 15) is 14.7 Å². The normalized spacial score (nSPS) is 19.9. The van der Waals surface area contributed by atoms with Crippen molar-refractivity contribution in [1.82, 2.24) is 0 Å². The Labute approximate surface area is 147 Å². The molecule has 1 N–H and O–H groups in total. The predicted molar refractivity (Wildman–Crippen MR) is 92.0 cm³/mol. The van der Waals surface area contributed by atoms with Crippen molar-refractivity contribution in [2.75, 3.05) is 7.11 Å². The molecule has 6 heteroatoms. The Bertz CT molecular complexity index is 726. The van der Waals surface area contributed by atoms with Gasteiger partial charge in [-0.1, -0.05) is 6.08 Å². The van der Waals surface area contributed by atoms with Crippen molar-refractivity contribution in [1.29, 1.82) is 0 Å². The summed E-state index contributed by atoms with van der Waals surface area (Å²) >= 11 is 0. The number of hydrogen-bond acceptors (Lipinski definition) is 6. The minimum Gasteiger partial charge on any atom is -0.496 e. The van der Waals surface area contributed by atoms with Gasteiger partial charge in [0.05, 0.1) is 18.3 Å². The molecule has 0 aliphatic carbocycles. The minimum absolute atomic E-state index is 0.180. The molecule has 0 bridgehead atoms. The zero-order valence-corrected chi connectivity index (χ0v) is 15.4. The fraction of sp³-hybridized carbons (Fsp3) is 0.474. The fourth-order valence-electron chi connectivity index (χ4n) is 2.67. The van der Waals surface area contributed by atoms with E-state index in [1.165, 1.54) is 14.0 Å². The number of ether oxygens (including phenoxy) is 3. The number of benzene rings is 1. The van der Waals surface area contributed by atoms with Crippen molar-refractivity contribution in [3.63, 3.8) is 0 Å². The first-order valence-electron chi connectivity index (χ1n) is 8.06. The Hall–Kier alpha value is -2.34. The number of hydrogen-bond donors (Lipinski definition) is 1. The molecule has 6 nitrogen and oxygen atoms in total. The van der Waals surface area contributed by atoms with Crippen molar-refractivity contribution in [3.05, 3.63) is 34.9 Å². The molecule has 1 aromatic carbocycles. The molecule has 0 aromatic heterocycles. The summed E-state index contributed by atoms with van der Waals surface area (Å²) in [5.74, 6) is 0.113. The van der Waals surface area contributed by atoms with Crippen LogP contribution in [0.5, 0.6) is 11.5 Å². The fourth-order valence-corrected chi connectivity index (χ4v) is 2.67. The molecule has 1 aliphatic rings. The number of methoxy groups -OCH3 is 1. The molecule has 0 fully saturated rings. The van der Waals surface area contributed by atoms with E-state index in [-0.39, 0.29) is 5.78 Å². The maximum Gasteiger partial charge on any atom is 0.334 e. The lowest BCUT2D eigenvalue weighted by molar-refractivity contribution is -0.155. The molecular weight excluding hydrogens is 324 g/mol. The van der Waals surface area contributed by atoms with E-state index >= 15 is 0 Å². The third kappa shape index (κ3) is 3.69. The smallest absolute Gasteiger partial charge is 0.334 e. The highest BCUT2D eigenvalue weighted by Gasteiger charge is 2.46. The second kappa shape index (κ2) is 6.88. The lowest BCUT2D eigenvalue weighted by Crippen LogP contribution is -2.43. The van der Waals surface area contributed by atoms with Crippen LogP contribution in [0.3, 0.4) is 0 Å². The standard InChI is InChI=1S/C19H24O6/c1-7-10(2)18(21)25-16-13-8-12(11(3)20)14(23-6)9-15(13)24-17(16)19(4,5)22/h7-9,16-17,22H,1-6H3. The van der Waals surface area contributed by atoms with Gasteiger partial charge in [-0.25, -0.2) is 4.79 Å². The number of ketones is 1. The molecule has 0 saturated heterocycles. The van der Waals surface area contributed by atoms with E-state index in [2.05, 4.69) is 0 Å². The molecule has 2 rings (SSSR count). The zero-order chi connectivity index (χ0) is 18.9. The number of aliphatic hydroxyl groups is 1. The summed E-state index contributed by atoms with van der Waals surface area (Å²) in [5.41, 5.74) is 0.0842. The third-order valence-corrected chi connectivity index (χ3v) is 4.23. The third-order valence-electron chi connectivity index (χ3n) is 4.23. The van der Waals surface area contributed by atoms with E-state index in [1.54, 1.807) is 45.9 Å². The van der Waals surface area contributed by atoms with Crippen molar-refractivity contribution < 1.29 is 28.9 Å². The Balaban J connectivity index is 2.53. The average Bonchev–Trinajstić information content (AvgIpc) is 2.90. The molecule has 2 atom stereocenters. The lowest BCUT2D eigenvalue weighted by atomic mass is 9.93. The highest BCUT2D eigenvalue weighted by molar-refractivity contribution is 5.97. The Kier molecular flexibility index (Phi) is 5.23. The number of fused-ring (bicyclic) bond motifs is 1. The van der Waals surface area contributed by atoms with E-state index in [0.29, 0.717) is 28.2 Å². The summed E-state index contributed by atoms with van der Waals surface area (Å²) in [7, 11) is 1.46. The Morgan fingerprint density at radius 1 is 1.28 bits per heavy atom. The SMILES string of the molecule is CC=C(C)C(=O)OC1c2cc(C(C)=O)c(OC)cc2OC1C(C)(C)O. The van der Waals surface area contributed by atoms with Gasteiger partial charge in [0.25, 0.3) is 0 Å². The van der Waals surface area contributed by atoms with Gasteiger partial charge >= 0.3 is 5.97 Å².